The standard InChI is InChI=1S/Bk.3HI/h;3*1H/p-3. The molecule has 0 rings (SSSR count). The van der Waals surface area contributed by atoms with Gasteiger partial charge in [0.15, 0.2) is 0 Å². The summed E-state index contributed by atoms with van der Waals surface area (Å²) >= 11 is 0. The van der Waals surface area contributed by atoms with Crippen molar-refractivity contribution in [1.82, 2.24) is 0 Å². The molecule has 0 aromatic heterocycles. The normalized spacial score (nSPS) is 0. The fourth-order valence-corrected chi connectivity index (χ4v) is 0. The molecule has 0 spiro atoms. The Morgan fingerprint density at radius 1 is 0.500 bits per heavy atom. The molecule has 1 radical (unpaired) electrons. The second-order valence-electron chi connectivity index (χ2n) is 0. The van der Waals surface area contributed by atoms with Crippen LogP contribution in [0.25, 0.3) is 0 Å². The molecule has 0 aromatic carbocycles. The van der Waals surface area contributed by atoms with Gasteiger partial charge in [0.2, 0.25) is 0 Å². The van der Waals surface area contributed by atoms with Crippen LogP contribution < -0.4 is 71.9 Å². The van der Waals surface area contributed by atoms with Gasteiger partial charge in [-0.3, -0.25) is 0 Å². The van der Waals surface area contributed by atoms with Gasteiger partial charge in [-0.05, 0) is 0 Å². The molecule has 4 heavy (non-hydrogen) atoms. The molecule has 0 amide bonds. The van der Waals surface area contributed by atoms with E-state index in [1.807, 2.05) is 0 Å². The van der Waals surface area contributed by atoms with Crippen LogP contribution in [0.15, 0.2) is 0 Å². The van der Waals surface area contributed by atoms with Crippen molar-refractivity contribution in [3.8, 4) is 0 Å². The Labute approximate surface area is 70.8 Å². The minimum atomic E-state index is 0. The van der Waals surface area contributed by atoms with Crippen molar-refractivity contribution in [1.29, 1.82) is 0 Å². The van der Waals surface area contributed by atoms with Crippen molar-refractivity contribution in [2.45, 2.75) is 0 Å². The van der Waals surface area contributed by atoms with Crippen LogP contribution >= 0.6 is 0 Å². The largest absolute Gasteiger partial charge is 1.00 e. The Morgan fingerprint density at radius 2 is 0.500 bits per heavy atom. The summed E-state index contributed by atoms with van der Waals surface area (Å²) in [6.07, 6.45) is 0. The Morgan fingerprint density at radius 3 is 0.500 bits per heavy atom. The zero-order chi connectivity index (χ0) is 0. The van der Waals surface area contributed by atoms with E-state index in [9.17, 15) is 0 Å². The molecule has 0 unspecified atom stereocenters. The number of hydrogen-bond acceptors (Lipinski definition) is 0. The van der Waals surface area contributed by atoms with Crippen LogP contribution in [-0.2, 0) is 0 Å². The molecule has 0 aliphatic carbocycles. The van der Waals surface area contributed by atoms with Crippen molar-refractivity contribution < 1.29 is 71.9 Å². The van der Waals surface area contributed by atoms with E-state index in [4.69, 9.17) is 0 Å². The van der Waals surface area contributed by atoms with Gasteiger partial charge in [0.25, 0.3) is 0 Å². The first kappa shape index (κ1) is 64.3. The van der Waals surface area contributed by atoms with E-state index in [-0.39, 0.29) is 71.9 Å². The Kier molecular flexibility index (Phi) is 484. The summed E-state index contributed by atoms with van der Waals surface area (Å²) in [5.74, 6) is 0. The van der Waals surface area contributed by atoms with Gasteiger partial charge in [0.1, 0.15) is 0 Å². The molecule has 0 aromatic rings. The maximum Gasteiger partial charge on any atom is 0 e. The van der Waals surface area contributed by atoms with Crippen molar-refractivity contribution in [2.24, 2.45) is 0 Å². The first-order valence-electron chi connectivity index (χ1n) is 0. The van der Waals surface area contributed by atoms with Crippen molar-refractivity contribution in [3.05, 3.63) is 0 Å². The van der Waals surface area contributed by atoms with Crippen LogP contribution in [0.4, 0.5) is 0 Å². The summed E-state index contributed by atoms with van der Waals surface area (Å²) in [5.41, 5.74) is 0. The van der Waals surface area contributed by atoms with Crippen LogP contribution in [0.2, 0.25) is 0 Å². The number of hydrogen-bond donors (Lipinski definition) is 0. The van der Waals surface area contributed by atoms with E-state index < -0.39 is 0 Å². The zero-order valence-corrected chi connectivity index (χ0v) is 10.7. The average molecular weight is 628 g/mol. The van der Waals surface area contributed by atoms with Gasteiger partial charge in [-0.15, -0.1) is 0 Å². The Hall–Kier alpha value is 1.19. The van der Waals surface area contributed by atoms with E-state index >= 15 is 0 Å². The van der Waals surface area contributed by atoms with Crippen LogP contribution in [0.3, 0.4) is 0 Å². The topological polar surface area (TPSA) is 0 Å². The van der Waals surface area contributed by atoms with Crippen molar-refractivity contribution in [2.75, 3.05) is 0 Å². The Balaban J connectivity index is 0. The zero-order valence-electron chi connectivity index (χ0n) is 1.47. The third-order valence-electron chi connectivity index (χ3n) is 0. The number of rotatable bonds is 0. The summed E-state index contributed by atoms with van der Waals surface area (Å²) < 4.78 is 0. The molecule has 4 heteroatoms. The van der Waals surface area contributed by atoms with Crippen LogP contribution in [0.5, 0.6) is 0 Å². The quantitative estimate of drug-likeness (QED) is 0.235. The third kappa shape index (κ3) is 10.8. The first-order chi connectivity index (χ1) is 0. The van der Waals surface area contributed by atoms with E-state index in [1.165, 1.54) is 0 Å². The molecule has 0 aliphatic heterocycles. The summed E-state index contributed by atoms with van der Waals surface area (Å²) in [6, 6.07) is 0. The van der Waals surface area contributed by atoms with Gasteiger partial charge in [0.05, 0.1) is 0 Å². The van der Waals surface area contributed by atoms with E-state index in [0.29, 0.717) is 0 Å². The summed E-state index contributed by atoms with van der Waals surface area (Å²) in [6.45, 7) is 0. The molecule has 0 saturated carbocycles. The molecule has 0 N–H and O–H groups in total. The van der Waals surface area contributed by atoms with Crippen LogP contribution in [0.1, 0.15) is 0 Å². The predicted molar refractivity (Wildman–Crippen MR) is 0 cm³/mol. The third-order valence-corrected chi connectivity index (χ3v) is 0. The van der Waals surface area contributed by atoms with Crippen molar-refractivity contribution in [3.63, 3.8) is 0 Å². The molecule has 0 nitrogen and oxygen atoms in total. The smallest absolute Gasteiger partial charge is 0 e. The molecule has 0 aliphatic rings. The molecule has 0 bridgehead atoms. The minimum absolute atomic E-state index is 0. The second-order valence-corrected chi connectivity index (χ2v) is 0. The SMILES string of the molecule is [Bk].[I-].[I-].[I-]. The van der Waals surface area contributed by atoms with E-state index in [2.05, 4.69) is 0 Å². The van der Waals surface area contributed by atoms with Gasteiger partial charge in [0, 0.05) is 0 Å². The second kappa shape index (κ2) is 30.1. The van der Waals surface area contributed by atoms with Gasteiger partial charge < -0.3 is 71.9 Å². The average Bonchev–Trinajstić information content (AvgIpc) is 0. The molecule has 0 heterocycles. The Bertz CT molecular complexity index is 3.25. The molecular formula is BkI3-3. The van der Waals surface area contributed by atoms with Crippen LogP contribution in [0, 0.1) is 0 Å². The molecule has 0 atom stereocenters. The van der Waals surface area contributed by atoms with Gasteiger partial charge in [-0.2, -0.15) is 0 Å². The first-order valence-corrected chi connectivity index (χ1v) is 0. The molecule has 0 fully saturated rings. The van der Waals surface area contributed by atoms with Crippen molar-refractivity contribution >= 4 is 0 Å². The summed E-state index contributed by atoms with van der Waals surface area (Å²) in [7, 11) is 0. The van der Waals surface area contributed by atoms with Gasteiger partial charge in [-0.25, -0.2) is 0 Å². The fourth-order valence-electron chi connectivity index (χ4n) is 0. The van der Waals surface area contributed by atoms with E-state index in [0.717, 1.165) is 0 Å². The molecule has 0 saturated heterocycles. The van der Waals surface area contributed by atoms with Gasteiger partial charge >= 0.3 is 0 Å². The summed E-state index contributed by atoms with van der Waals surface area (Å²) in [4.78, 5) is 0. The maximum atomic E-state index is 0. The predicted octanol–water partition coefficient (Wildman–Crippen LogP) is -8.99. The van der Waals surface area contributed by atoms with Gasteiger partial charge in [-0.1, -0.05) is 0 Å². The minimum Gasteiger partial charge on any atom is -1.00 e. The summed E-state index contributed by atoms with van der Waals surface area (Å²) in [5, 5.41) is 0. The fraction of sp³-hybridized carbons (Fsp3) is 0. The van der Waals surface area contributed by atoms with Crippen LogP contribution in [-0.4, -0.2) is 0 Å². The maximum absolute atomic E-state index is 0. The van der Waals surface area contributed by atoms with E-state index in [1.54, 1.807) is 0 Å². The number of halogens is 3. The molecular weight excluding hydrogens is 628 g/mol. The monoisotopic (exact) mass is 628 g/mol. The molecule has 33 valence electrons.